The molecule has 0 fully saturated rings. The van der Waals surface area contributed by atoms with Crippen LogP contribution in [-0.4, -0.2) is 8.42 Å². The third kappa shape index (κ3) is 4.95. The molecule has 124 valence electrons. The second-order valence-electron chi connectivity index (χ2n) is 4.77. The number of halogens is 4. The highest BCUT2D eigenvalue weighted by Gasteiger charge is 2.30. The summed E-state index contributed by atoms with van der Waals surface area (Å²) in [5.41, 5.74) is 0.0692. The molecule has 0 amide bonds. The van der Waals surface area contributed by atoms with Crippen LogP contribution in [0.4, 0.5) is 18.9 Å². The Bertz CT molecular complexity index is 823. The largest absolute Gasteiger partial charge is 0.416 e. The summed E-state index contributed by atoms with van der Waals surface area (Å²) in [6, 6.07) is 9.30. The van der Waals surface area contributed by atoms with Gasteiger partial charge in [0, 0.05) is 16.7 Å². The molecule has 0 saturated carbocycles. The Morgan fingerprint density at radius 1 is 1.13 bits per heavy atom. The van der Waals surface area contributed by atoms with Crippen LogP contribution >= 0.6 is 15.9 Å². The maximum absolute atomic E-state index is 12.8. The van der Waals surface area contributed by atoms with Crippen molar-refractivity contribution in [1.29, 1.82) is 0 Å². The van der Waals surface area contributed by atoms with Crippen molar-refractivity contribution >= 4 is 31.6 Å². The SMILES string of the molecule is NS(=O)(=O)c1cccc(NCc2cc(Br)cc(C(F)(F)F)c2)c1. The van der Waals surface area contributed by atoms with Gasteiger partial charge in [0.1, 0.15) is 0 Å². The summed E-state index contributed by atoms with van der Waals surface area (Å²) in [4.78, 5) is -0.0762. The number of alkyl halides is 3. The van der Waals surface area contributed by atoms with Gasteiger partial charge in [-0.3, -0.25) is 0 Å². The van der Waals surface area contributed by atoms with Crippen molar-refractivity contribution in [1.82, 2.24) is 0 Å². The van der Waals surface area contributed by atoms with Crippen LogP contribution in [0, 0.1) is 0 Å². The lowest BCUT2D eigenvalue weighted by Gasteiger charge is -2.12. The molecule has 23 heavy (non-hydrogen) atoms. The van der Waals surface area contributed by atoms with Crippen LogP contribution < -0.4 is 10.5 Å². The first-order valence-electron chi connectivity index (χ1n) is 6.29. The van der Waals surface area contributed by atoms with Crippen molar-refractivity contribution in [3.63, 3.8) is 0 Å². The molecule has 0 aliphatic carbocycles. The quantitative estimate of drug-likeness (QED) is 0.809. The monoisotopic (exact) mass is 408 g/mol. The van der Waals surface area contributed by atoms with Gasteiger partial charge >= 0.3 is 6.18 Å². The maximum Gasteiger partial charge on any atom is 0.416 e. The zero-order valence-electron chi connectivity index (χ0n) is 11.6. The Labute approximate surface area is 139 Å². The first-order valence-corrected chi connectivity index (χ1v) is 8.63. The normalized spacial score (nSPS) is 12.2. The fourth-order valence-electron chi connectivity index (χ4n) is 1.90. The third-order valence-electron chi connectivity index (χ3n) is 2.94. The van der Waals surface area contributed by atoms with Crippen LogP contribution in [0.2, 0.25) is 0 Å². The number of nitrogens with one attached hydrogen (secondary N) is 1. The minimum absolute atomic E-state index is 0.0762. The van der Waals surface area contributed by atoms with Crippen molar-refractivity contribution in [3.8, 4) is 0 Å². The van der Waals surface area contributed by atoms with Gasteiger partial charge < -0.3 is 5.32 Å². The first kappa shape index (κ1) is 17.8. The van der Waals surface area contributed by atoms with Crippen LogP contribution in [0.1, 0.15) is 11.1 Å². The summed E-state index contributed by atoms with van der Waals surface area (Å²) in [6.07, 6.45) is -4.44. The van der Waals surface area contributed by atoms with E-state index in [1.165, 1.54) is 18.2 Å². The first-order chi connectivity index (χ1) is 10.6. The number of rotatable bonds is 4. The van der Waals surface area contributed by atoms with E-state index in [-0.39, 0.29) is 11.4 Å². The van der Waals surface area contributed by atoms with Gasteiger partial charge in [0.25, 0.3) is 0 Å². The molecule has 3 N–H and O–H groups in total. The summed E-state index contributed by atoms with van der Waals surface area (Å²) in [5.74, 6) is 0. The second-order valence-corrected chi connectivity index (χ2v) is 7.25. The molecule has 0 radical (unpaired) electrons. The lowest BCUT2D eigenvalue weighted by molar-refractivity contribution is -0.137. The van der Waals surface area contributed by atoms with E-state index in [0.717, 1.165) is 12.1 Å². The molecular weight excluding hydrogens is 397 g/mol. The Morgan fingerprint density at radius 3 is 2.43 bits per heavy atom. The molecule has 0 bridgehead atoms. The van der Waals surface area contributed by atoms with Crippen LogP contribution in [0.3, 0.4) is 0 Å². The predicted molar refractivity (Wildman–Crippen MR) is 84.3 cm³/mol. The van der Waals surface area contributed by atoms with Gasteiger partial charge in [-0.1, -0.05) is 22.0 Å². The van der Waals surface area contributed by atoms with Crippen LogP contribution in [0.5, 0.6) is 0 Å². The fraction of sp³-hybridized carbons (Fsp3) is 0.143. The minimum atomic E-state index is -4.44. The zero-order chi connectivity index (χ0) is 17.3. The number of nitrogens with two attached hydrogens (primary N) is 1. The van der Waals surface area contributed by atoms with Crippen molar-refractivity contribution < 1.29 is 21.6 Å². The average molecular weight is 409 g/mol. The van der Waals surface area contributed by atoms with E-state index in [2.05, 4.69) is 21.2 Å². The van der Waals surface area contributed by atoms with Gasteiger partial charge in [-0.25, -0.2) is 13.6 Å². The Kier molecular flexibility index (Phi) is 5.02. The van der Waals surface area contributed by atoms with Gasteiger partial charge in [0.05, 0.1) is 10.5 Å². The standard InChI is InChI=1S/C14H12BrF3N2O2S/c15-11-5-9(4-10(6-11)14(16,17)18)8-20-12-2-1-3-13(7-12)23(19,21)22/h1-7,20H,8H2,(H2,19,21,22). The van der Waals surface area contributed by atoms with Gasteiger partial charge in [-0.2, -0.15) is 13.2 Å². The number of anilines is 1. The maximum atomic E-state index is 12.8. The fourth-order valence-corrected chi connectivity index (χ4v) is 3.00. The van der Waals surface area contributed by atoms with Crippen molar-refractivity contribution in [2.45, 2.75) is 17.6 Å². The Hall–Kier alpha value is -1.58. The lowest BCUT2D eigenvalue weighted by atomic mass is 10.1. The molecule has 0 aliphatic heterocycles. The molecule has 0 aliphatic rings. The number of primary sulfonamides is 1. The average Bonchev–Trinajstić information content (AvgIpc) is 2.43. The molecule has 2 aromatic carbocycles. The van der Waals surface area contributed by atoms with Gasteiger partial charge in [-0.15, -0.1) is 0 Å². The number of sulfonamides is 1. The highest BCUT2D eigenvalue weighted by atomic mass is 79.9. The molecule has 0 heterocycles. The van der Waals surface area contributed by atoms with E-state index in [1.54, 1.807) is 12.1 Å². The summed E-state index contributed by atoms with van der Waals surface area (Å²) >= 11 is 3.05. The highest BCUT2D eigenvalue weighted by Crippen LogP contribution is 2.32. The van der Waals surface area contributed by atoms with Crippen LogP contribution in [0.15, 0.2) is 51.8 Å². The number of hydrogen-bond donors (Lipinski definition) is 2. The Balaban J connectivity index is 2.20. The number of hydrogen-bond acceptors (Lipinski definition) is 3. The molecule has 9 heteroatoms. The van der Waals surface area contributed by atoms with Gasteiger partial charge in [0.2, 0.25) is 10.0 Å². The van der Waals surface area contributed by atoms with E-state index in [4.69, 9.17) is 5.14 Å². The molecule has 2 aromatic rings. The molecule has 0 unspecified atom stereocenters. The van der Waals surface area contributed by atoms with Crippen LogP contribution in [0.25, 0.3) is 0 Å². The van der Waals surface area contributed by atoms with E-state index < -0.39 is 21.8 Å². The third-order valence-corrected chi connectivity index (χ3v) is 4.31. The predicted octanol–water partition coefficient (Wildman–Crippen LogP) is 3.73. The molecule has 0 aromatic heterocycles. The van der Waals surface area contributed by atoms with E-state index in [9.17, 15) is 21.6 Å². The van der Waals surface area contributed by atoms with Crippen molar-refractivity contribution in [2.24, 2.45) is 5.14 Å². The molecule has 0 atom stereocenters. The second kappa shape index (κ2) is 6.50. The number of benzene rings is 2. The van der Waals surface area contributed by atoms with Crippen molar-refractivity contribution in [2.75, 3.05) is 5.32 Å². The van der Waals surface area contributed by atoms with Gasteiger partial charge in [0.15, 0.2) is 0 Å². The zero-order valence-corrected chi connectivity index (χ0v) is 14.0. The lowest BCUT2D eigenvalue weighted by Crippen LogP contribution is -2.12. The smallest absolute Gasteiger partial charge is 0.381 e. The molecule has 0 spiro atoms. The minimum Gasteiger partial charge on any atom is -0.381 e. The van der Waals surface area contributed by atoms with Gasteiger partial charge in [-0.05, 0) is 42.0 Å². The van der Waals surface area contributed by atoms with Crippen molar-refractivity contribution in [3.05, 3.63) is 58.1 Å². The van der Waals surface area contributed by atoms with E-state index >= 15 is 0 Å². The highest BCUT2D eigenvalue weighted by molar-refractivity contribution is 9.10. The van der Waals surface area contributed by atoms with E-state index in [1.807, 2.05) is 0 Å². The summed E-state index contributed by atoms with van der Waals surface area (Å²) in [5, 5.41) is 7.90. The summed E-state index contributed by atoms with van der Waals surface area (Å²) in [7, 11) is -3.84. The Morgan fingerprint density at radius 2 is 1.83 bits per heavy atom. The summed E-state index contributed by atoms with van der Waals surface area (Å²) < 4.78 is 61.2. The molecule has 4 nitrogen and oxygen atoms in total. The van der Waals surface area contributed by atoms with Crippen LogP contribution in [-0.2, 0) is 22.7 Å². The van der Waals surface area contributed by atoms with E-state index in [0.29, 0.717) is 15.7 Å². The topological polar surface area (TPSA) is 72.2 Å². The summed E-state index contributed by atoms with van der Waals surface area (Å²) in [6.45, 7) is 0.0938. The molecular formula is C14H12BrF3N2O2S. The molecule has 0 saturated heterocycles. The molecule has 2 rings (SSSR count).